The molecule has 1 N–H and O–H groups in total. The van der Waals surface area contributed by atoms with E-state index in [1.165, 1.54) is 17.0 Å². The highest BCUT2D eigenvalue weighted by Gasteiger charge is 2.34. The summed E-state index contributed by atoms with van der Waals surface area (Å²) in [5.74, 6) is -1.01. The highest BCUT2D eigenvalue weighted by atomic mass is 79.9. The third-order valence-electron chi connectivity index (χ3n) is 4.75. The molecule has 3 aromatic carbocycles. The lowest BCUT2D eigenvalue weighted by Gasteiger charge is -2.30. The summed E-state index contributed by atoms with van der Waals surface area (Å²) >= 11 is 9.58. The second-order valence-electron chi connectivity index (χ2n) is 6.67. The van der Waals surface area contributed by atoms with E-state index in [1.807, 2.05) is 0 Å². The molecule has 0 aliphatic carbocycles. The van der Waals surface area contributed by atoms with Gasteiger partial charge in [-0.15, -0.1) is 0 Å². The van der Waals surface area contributed by atoms with Gasteiger partial charge in [-0.1, -0.05) is 39.7 Å². The van der Waals surface area contributed by atoms with Crippen LogP contribution in [-0.2, 0) is 4.79 Å². The number of carbonyl (C=O) groups excluding carboxylic acids is 2. The molecule has 1 atom stereocenters. The first kappa shape index (κ1) is 19.6. The van der Waals surface area contributed by atoms with Crippen molar-refractivity contribution in [3.05, 3.63) is 98.7 Å². The van der Waals surface area contributed by atoms with E-state index in [2.05, 4.69) is 21.2 Å². The van der Waals surface area contributed by atoms with Crippen LogP contribution in [0.1, 0.15) is 27.5 Å². The summed E-state index contributed by atoms with van der Waals surface area (Å²) in [5, 5.41) is 3.31. The van der Waals surface area contributed by atoms with Gasteiger partial charge in [0.2, 0.25) is 5.91 Å². The molecule has 4 nitrogen and oxygen atoms in total. The van der Waals surface area contributed by atoms with E-state index < -0.39 is 6.04 Å². The first-order valence-corrected chi connectivity index (χ1v) is 10.0. The Morgan fingerprint density at radius 2 is 1.76 bits per heavy atom. The first-order valence-electron chi connectivity index (χ1n) is 8.83. The molecule has 146 valence electrons. The Morgan fingerprint density at radius 1 is 1.07 bits per heavy atom. The number of hydrogen-bond acceptors (Lipinski definition) is 2. The largest absolute Gasteiger partial charge is 0.324 e. The Hall–Kier alpha value is -2.70. The third-order valence-corrected chi connectivity index (χ3v) is 5.51. The van der Waals surface area contributed by atoms with Crippen LogP contribution in [0.15, 0.2) is 71.2 Å². The van der Waals surface area contributed by atoms with Crippen molar-refractivity contribution >= 4 is 45.0 Å². The van der Waals surface area contributed by atoms with Crippen LogP contribution < -0.4 is 5.32 Å². The quantitative estimate of drug-likeness (QED) is 0.540. The van der Waals surface area contributed by atoms with E-state index in [0.717, 1.165) is 4.47 Å². The average Bonchev–Trinajstić information content (AvgIpc) is 2.84. The van der Waals surface area contributed by atoms with Crippen molar-refractivity contribution in [2.24, 2.45) is 0 Å². The standard InChI is InChI=1S/C22H15BrClFN2O2/c23-15-5-1-14(2-6-15)22(29)27-12-20(28)26-19-10-7-16(24)11-18(19)21(27)13-3-8-17(25)9-4-13/h1-11,21H,12H2,(H,26,28)/t21-/m1/s1. The molecule has 0 radical (unpaired) electrons. The van der Waals surface area contributed by atoms with Gasteiger partial charge in [-0.2, -0.15) is 0 Å². The molecule has 7 heteroatoms. The van der Waals surface area contributed by atoms with Crippen molar-refractivity contribution in [2.75, 3.05) is 11.9 Å². The molecule has 0 fully saturated rings. The van der Waals surface area contributed by atoms with Gasteiger partial charge in [0.1, 0.15) is 12.4 Å². The van der Waals surface area contributed by atoms with Gasteiger partial charge in [-0.25, -0.2) is 4.39 Å². The number of rotatable bonds is 2. The van der Waals surface area contributed by atoms with Crippen LogP contribution in [0.3, 0.4) is 0 Å². The normalized spacial score (nSPS) is 16.0. The predicted molar refractivity (Wildman–Crippen MR) is 114 cm³/mol. The smallest absolute Gasteiger partial charge is 0.255 e. The number of nitrogens with one attached hydrogen (secondary N) is 1. The van der Waals surface area contributed by atoms with Gasteiger partial charge >= 0.3 is 0 Å². The molecule has 0 unspecified atom stereocenters. The van der Waals surface area contributed by atoms with Crippen molar-refractivity contribution in [1.82, 2.24) is 4.90 Å². The zero-order valence-electron chi connectivity index (χ0n) is 15.0. The fraction of sp³-hybridized carbons (Fsp3) is 0.0909. The van der Waals surface area contributed by atoms with Crippen LogP contribution in [0.25, 0.3) is 0 Å². The number of amides is 2. The Labute approximate surface area is 180 Å². The third kappa shape index (κ3) is 4.04. The molecule has 3 aromatic rings. The predicted octanol–water partition coefficient (Wildman–Crippen LogP) is 5.43. The fourth-order valence-corrected chi connectivity index (χ4v) is 3.87. The molecule has 0 spiro atoms. The SMILES string of the molecule is O=C1CN(C(=O)c2ccc(Br)cc2)[C@H](c2ccc(F)cc2)c2cc(Cl)ccc2N1. The molecule has 0 saturated carbocycles. The molecule has 4 rings (SSSR count). The topological polar surface area (TPSA) is 49.4 Å². The Kier molecular flexibility index (Phi) is 5.39. The first-order chi connectivity index (χ1) is 13.9. The molecule has 0 saturated heterocycles. The summed E-state index contributed by atoms with van der Waals surface area (Å²) in [5.41, 5.74) is 2.36. The molecular formula is C22H15BrClFN2O2. The zero-order valence-corrected chi connectivity index (χ0v) is 17.4. The fourth-order valence-electron chi connectivity index (χ4n) is 3.43. The second-order valence-corrected chi connectivity index (χ2v) is 8.03. The molecule has 1 aliphatic heterocycles. The minimum absolute atomic E-state index is 0.150. The van der Waals surface area contributed by atoms with E-state index in [1.54, 1.807) is 54.6 Å². The Morgan fingerprint density at radius 3 is 2.45 bits per heavy atom. The maximum absolute atomic E-state index is 13.5. The van der Waals surface area contributed by atoms with Crippen LogP contribution in [0, 0.1) is 5.82 Å². The van der Waals surface area contributed by atoms with Crippen LogP contribution in [0.4, 0.5) is 10.1 Å². The van der Waals surface area contributed by atoms with Crippen LogP contribution >= 0.6 is 27.5 Å². The van der Waals surface area contributed by atoms with Crippen LogP contribution in [-0.4, -0.2) is 23.3 Å². The monoisotopic (exact) mass is 472 g/mol. The van der Waals surface area contributed by atoms with Gasteiger partial charge in [-0.3, -0.25) is 9.59 Å². The van der Waals surface area contributed by atoms with Crippen molar-refractivity contribution in [1.29, 1.82) is 0 Å². The lowest BCUT2D eigenvalue weighted by molar-refractivity contribution is -0.117. The number of halogens is 3. The van der Waals surface area contributed by atoms with Gasteiger partial charge < -0.3 is 10.2 Å². The summed E-state index contributed by atoms with van der Waals surface area (Å²) in [6.45, 7) is -0.150. The molecule has 2 amide bonds. The second kappa shape index (κ2) is 7.97. The number of fused-ring (bicyclic) bond motifs is 1. The minimum Gasteiger partial charge on any atom is -0.324 e. The van der Waals surface area contributed by atoms with Crippen molar-refractivity contribution in [3.8, 4) is 0 Å². The van der Waals surface area contributed by atoms with E-state index in [0.29, 0.717) is 27.4 Å². The maximum Gasteiger partial charge on any atom is 0.255 e. The Bertz CT molecular complexity index is 1090. The lowest BCUT2D eigenvalue weighted by Crippen LogP contribution is -2.39. The van der Waals surface area contributed by atoms with Gasteiger partial charge in [0.05, 0.1) is 6.04 Å². The summed E-state index contributed by atoms with van der Waals surface area (Å²) in [6, 6.07) is 17.3. The number of hydrogen-bond donors (Lipinski definition) is 1. The minimum atomic E-state index is -0.612. The number of anilines is 1. The number of carbonyl (C=O) groups is 2. The van der Waals surface area contributed by atoms with Crippen LogP contribution in [0.2, 0.25) is 5.02 Å². The van der Waals surface area contributed by atoms with Crippen LogP contribution in [0.5, 0.6) is 0 Å². The molecule has 1 heterocycles. The number of nitrogens with zero attached hydrogens (tertiary/aromatic N) is 1. The highest BCUT2D eigenvalue weighted by Crippen LogP contribution is 2.38. The molecule has 0 bridgehead atoms. The zero-order chi connectivity index (χ0) is 20.5. The summed E-state index contributed by atoms with van der Waals surface area (Å²) in [7, 11) is 0. The molecular weight excluding hydrogens is 459 g/mol. The van der Waals surface area contributed by atoms with Crippen molar-refractivity contribution < 1.29 is 14.0 Å². The lowest BCUT2D eigenvalue weighted by atomic mass is 9.95. The number of benzene rings is 3. The molecule has 1 aliphatic rings. The van der Waals surface area contributed by atoms with Crippen molar-refractivity contribution in [2.45, 2.75) is 6.04 Å². The van der Waals surface area contributed by atoms with Gasteiger partial charge in [0, 0.05) is 26.3 Å². The van der Waals surface area contributed by atoms with Gasteiger partial charge in [0.25, 0.3) is 5.91 Å². The highest BCUT2D eigenvalue weighted by molar-refractivity contribution is 9.10. The van der Waals surface area contributed by atoms with E-state index in [-0.39, 0.29) is 24.2 Å². The summed E-state index contributed by atoms with van der Waals surface area (Å²) in [6.07, 6.45) is 0. The van der Waals surface area contributed by atoms with E-state index in [9.17, 15) is 14.0 Å². The summed E-state index contributed by atoms with van der Waals surface area (Å²) in [4.78, 5) is 27.4. The molecule has 0 aromatic heterocycles. The maximum atomic E-state index is 13.5. The van der Waals surface area contributed by atoms with E-state index >= 15 is 0 Å². The van der Waals surface area contributed by atoms with Gasteiger partial charge in [-0.05, 0) is 60.2 Å². The average molecular weight is 474 g/mol. The van der Waals surface area contributed by atoms with Crippen molar-refractivity contribution in [3.63, 3.8) is 0 Å². The summed E-state index contributed by atoms with van der Waals surface area (Å²) < 4.78 is 14.4. The van der Waals surface area contributed by atoms with E-state index in [4.69, 9.17) is 11.6 Å². The molecule has 29 heavy (non-hydrogen) atoms. The van der Waals surface area contributed by atoms with Gasteiger partial charge in [0.15, 0.2) is 0 Å². The Balaban J connectivity index is 1.88.